The van der Waals surface area contributed by atoms with Gasteiger partial charge in [0.2, 0.25) is 5.91 Å². The molecular formula is C15H21FN2O. The number of piperidine rings is 1. The zero-order chi connectivity index (χ0) is 13.8. The molecule has 1 saturated heterocycles. The summed E-state index contributed by atoms with van der Waals surface area (Å²) in [5.74, 6) is -0.216. The number of amides is 1. The monoisotopic (exact) mass is 264 g/mol. The first-order valence-corrected chi connectivity index (χ1v) is 6.84. The zero-order valence-electron chi connectivity index (χ0n) is 11.4. The molecule has 0 spiro atoms. The molecule has 104 valence electrons. The van der Waals surface area contributed by atoms with Crippen LogP contribution in [0, 0.1) is 11.7 Å². The molecule has 1 aliphatic heterocycles. The Morgan fingerprint density at radius 2 is 2.32 bits per heavy atom. The van der Waals surface area contributed by atoms with Gasteiger partial charge in [-0.3, -0.25) is 4.79 Å². The lowest BCUT2D eigenvalue weighted by Crippen LogP contribution is -2.49. The Morgan fingerprint density at radius 1 is 1.53 bits per heavy atom. The Kier molecular flexibility index (Phi) is 4.53. The number of carbonyl (C=O) groups excluding carboxylic acids is 1. The standard InChI is InChI=1S/C15H21FN2O/c1-10-9-17-7-6-14(10)18-15(19)11(2)12-4-3-5-13(16)8-12/h3-5,8,10-11,14,17H,6-7,9H2,1-2H3,(H,18,19). The molecule has 0 bridgehead atoms. The highest BCUT2D eigenvalue weighted by Gasteiger charge is 2.25. The maximum Gasteiger partial charge on any atom is 0.227 e. The van der Waals surface area contributed by atoms with Gasteiger partial charge in [-0.05, 0) is 50.0 Å². The molecule has 3 atom stereocenters. The fourth-order valence-corrected chi connectivity index (χ4v) is 2.46. The molecule has 1 heterocycles. The SMILES string of the molecule is CC(C(=O)NC1CCNCC1C)c1cccc(F)c1. The van der Waals surface area contributed by atoms with E-state index in [0.29, 0.717) is 5.92 Å². The first kappa shape index (κ1) is 14.0. The van der Waals surface area contributed by atoms with Crippen molar-refractivity contribution in [1.82, 2.24) is 10.6 Å². The van der Waals surface area contributed by atoms with Crippen LogP contribution in [0.1, 0.15) is 31.7 Å². The third-order valence-corrected chi connectivity index (χ3v) is 3.85. The lowest BCUT2D eigenvalue weighted by Gasteiger charge is -2.31. The van der Waals surface area contributed by atoms with Crippen LogP contribution in [0.15, 0.2) is 24.3 Å². The Hall–Kier alpha value is -1.42. The lowest BCUT2D eigenvalue weighted by molar-refractivity contribution is -0.123. The van der Waals surface area contributed by atoms with E-state index in [2.05, 4.69) is 17.6 Å². The van der Waals surface area contributed by atoms with Crippen molar-refractivity contribution in [2.75, 3.05) is 13.1 Å². The van der Waals surface area contributed by atoms with Crippen molar-refractivity contribution in [3.05, 3.63) is 35.6 Å². The molecule has 2 rings (SSSR count). The molecule has 2 N–H and O–H groups in total. The molecule has 1 aromatic carbocycles. The van der Waals surface area contributed by atoms with Crippen molar-refractivity contribution in [3.8, 4) is 0 Å². The number of nitrogens with one attached hydrogen (secondary N) is 2. The van der Waals surface area contributed by atoms with Gasteiger partial charge in [-0.1, -0.05) is 19.1 Å². The summed E-state index contributed by atoms with van der Waals surface area (Å²) in [6.45, 7) is 5.81. The third-order valence-electron chi connectivity index (χ3n) is 3.85. The van der Waals surface area contributed by atoms with E-state index in [1.807, 2.05) is 6.92 Å². The predicted octanol–water partition coefficient (Wildman–Crippen LogP) is 2.04. The van der Waals surface area contributed by atoms with Crippen LogP contribution in [0.3, 0.4) is 0 Å². The Balaban J connectivity index is 1.99. The van der Waals surface area contributed by atoms with Gasteiger partial charge in [-0.25, -0.2) is 4.39 Å². The highest BCUT2D eigenvalue weighted by atomic mass is 19.1. The highest BCUT2D eigenvalue weighted by molar-refractivity contribution is 5.83. The van der Waals surface area contributed by atoms with Crippen LogP contribution in [0.25, 0.3) is 0 Å². The average molecular weight is 264 g/mol. The van der Waals surface area contributed by atoms with E-state index >= 15 is 0 Å². The van der Waals surface area contributed by atoms with E-state index in [4.69, 9.17) is 0 Å². The van der Waals surface area contributed by atoms with Crippen molar-refractivity contribution in [2.45, 2.75) is 32.2 Å². The average Bonchev–Trinajstić information content (AvgIpc) is 2.40. The van der Waals surface area contributed by atoms with Gasteiger partial charge in [0.25, 0.3) is 0 Å². The number of halogens is 1. The maximum absolute atomic E-state index is 13.2. The van der Waals surface area contributed by atoms with Gasteiger partial charge in [0, 0.05) is 6.04 Å². The number of carbonyl (C=O) groups is 1. The molecular weight excluding hydrogens is 243 g/mol. The van der Waals surface area contributed by atoms with E-state index in [1.54, 1.807) is 12.1 Å². The normalized spacial score (nSPS) is 24.8. The zero-order valence-corrected chi connectivity index (χ0v) is 11.4. The van der Waals surface area contributed by atoms with Crippen molar-refractivity contribution in [3.63, 3.8) is 0 Å². The minimum Gasteiger partial charge on any atom is -0.352 e. The predicted molar refractivity (Wildman–Crippen MR) is 73.4 cm³/mol. The smallest absolute Gasteiger partial charge is 0.227 e. The number of hydrogen-bond donors (Lipinski definition) is 2. The van der Waals surface area contributed by atoms with E-state index in [-0.39, 0.29) is 23.7 Å². The van der Waals surface area contributed by atoms with Gasteiger partial charge >= 0.3 is 0 Å². The number of rotatable bonds is 3. The molecule has 19 heavy (non-hydrogen) atoms. The van der Waals surface area contributed by atoms with Crippen LogP contribution < -0.4 is 10.6 Å². The van der Waals surface area contributed by atoms with E-state index in [0.717, 1.165) is 25.1 Å². The fraction of sp³-hybridized carbons (Fsp3) is 0.533. The van der Waals surface area contributed by atoms with Crippen LogP contribution >= 0.6 is 0 Å². The lowest BCUT2D eigenvalue weighted by atomic mass is 9.93. The first-order chi connectivity index (χ1) is 9.08. The first-order valence-electron chi connectivity index (χ1n) is 6.84. The minimum absolute atomic E-state index is 0.0238. The molecule has 3 unspecified atom stereocenters. The molecule has 0 aromatic heterocycles. The van der Waals surface area contributed by atoms with E-state index < -0.39 is 0 Å². The second kappa shape index (κ2) is 6.15. The summed E-state index contributed by atoms with van der Waals surface area (Å²) in [7, 11) is 0. The molecule has 1 aromatic rings. The van der Waals surface area contributed by atoms with Crippen LogP contribution in [0.2, 0.25) is 0 Å². The van der Waals surface area contributed by atoms with Gasteiger partial charge in [0.05, 0.1) is 5.92 Å². The van der Waals surface area contributed by atoms with Gasteiger partial charge in [-0.2, -0.15) is 0 Å². The summed E-state index contributed by atoms with van der Waals surface area (Å²) in [4.78, 5) is 12.2. The highest BCUT2D eigenvalue weighted by Crippen LogP contribution is 2.18. The summed E-state index contributed by atoms with van der Waals surface area (Å²) in [5.41, 5.74) is 0.721. The molecule has 1 amide bonds. The number of benzene rings is 1. The quantitative estimate of drug-likeness (QED) is 0.877. The van der Waals surface area contributed by atoms with E-state index in [9.17, 15) is 9.18 Å². The van der Waals surface area contributed by atoms with Crippen LogP contribution in [-0.4, -0.2) is 25.0 Å². The number of hydrogen-bond acceptors (Lipinski definition) is 2. The Labute approximate surface area is 113 Å². The molecule has 1 aliphatic rings. The molecule has 4 heteroatoms. The van der Waals surface area contributed by atoms with Gasteiger partial charge in [0.15, 0.2) is 0 Å². The van der Waals surface area contributed by atoms with Gasteiger partial charge < -0.3 is 10.6 Å². The van der Waals surface area contributed by atoms with Crippen LogP contribution in [0.4, 0.5) is 4.39 Å². The van der Waals surface area contributed by atoms with Crippen molar-refractivity contribution in [2.24, 2.45) is 5.92 Å². The van der Waals surface area contributed by atoms with Crippen molar-refractivity contribution < 1.29 is 9.18 Å². The van der Waals surface area contributed by atoms with Crippen LogP contribution in [-0.2, 0) is 4.79 Å². The van der Waals surface area contributed by atoms with E-state index in [1.165, 1.54) is 12.1 Å². The van der Waals surface area contributed by atoms with Crippen molar-refractivity contribution in [1.29, 1.82) is 0 Å². The minimum atomic E-state index is -0.321. The maximum atomic E-state index is 13.2. The molecule has 0 aliphatic carbocycles. The second-order valence-corrected chi connectivity index (χ2v) is 5.36. The Bertz CT molecular complexity index is 450. The summed E-state index contributed by atoms with van der Waals surface area (Å²) in [6.07, 6.45) is 0.947. The summed E-state index contributed by atoms with van der Waals surface area (Å²) in [5, 5.41) is 6.39. The summed E-state index contributed by atoms with van der Waals surface area (Å²) >= 11 is 0. The van der Waals surface area contributed by atoms with Crippen LogP contribution in [0.5, 0.6) is 0 Å². The second-order valence-electron chi connectivity index (χ2n) is 5.36. The molecule has 0 radical (unpaired) electrons. The van der Waals surface area contributed by atoms with Gasteiger partial charge in [0.1, 0.15) is 5.82 Å². The topological polar surface area (TPSA) is 41.1 Å². The van der Waals surface area contributed by atoms with Gasteiger partial charge in [-0.15, -0.1) is 0 Å². The third kappa shape index (κ3) is 3.53. The summed E-state index contributed by atoms with van der Waals surface area (Å²) < 4.78 is 13.2. The molecule has 1 fully saturated rings. The largest absolute Gasteiger partial charge is 0.352 e. The fourth-order valence-electron chi connectivity index (χ4n) is 2.46. The summed E-state index contributed by atoms with van der Waals surface area (Å²) in [6, 6.07) is 6.46. The Morgan fingerprint density at radius 3 is 3.00 bits per heavy atom. The van der Waals surface area contributed by atoms with Crippen molar-refractivity contribution >= 4 is 5.91 Å². The molecule has 3 nitrogen and oxygen atoms in total. The molecule has 0 saturated carbocycles.